The van der Waals surface area contributed by atoms with Crippen LogP contribution in [0, 0.1) is 0 Å². The molecular weight excluding hydrogens is 324 g/mol. The minimum absolute atomic E-state index is 0.0310. The smallest absolute Gasteiger partial charge is 0.256 e. The molecule has 0 fully saturated rings. The molecule has 2 N–H and O–H groups in total. The quantitative estimate of drug-likeness (QED) is 0.924. The molecule has 108 valence electrons. The normalized spacial score (nSPS) is 11.6. The second kappa shape index (κ2) is 5.57. The molecule has 0 bridgehead atoms. The summed E-state index contributed by atoms with van der Waals surface area (Å²) in [6.45, 7) is 0.212. The Balaban J connectivity index is 2.29. The molecule has 0 unspecified atom stereocenters. The highest BCUT2D eigenvalue weighted by Gasteiger charge is 2.25. The number of nitrogens with two attached hydrogens (primary N) is 1. The van der Waals surface area contributed by atoms with E-state index in [1.807, 2.05) is 0 Å². The molecule has 0 atom stereocenters. The third-order valence-electron chi connectivity index (χ3n) is 2.48. The fourth-order valence-electron chi connectivity index (χ4n) is 1.62. The summed E-state index contributed by atoms with van der Waals surface area (Å²) < 4.78 is 28.0. The lowest BCUT2D eigenvalue weighted by Crippen LogP contribution is -2.27. The number of rotatable bonds is 4. The fourth-order valence-corrected chi connectivity index (χ4v) is 3.89. The number of carbonyl (C=O) groups excluding carboxylic acids is 1. The van der Waals surface area contributed by atoms with E-state index < -0.39 is 15.9 Å². The topological polar surface area (TPSA) is 93.6 Å². The van der Waals surface area contributed by atoms with Crippen molar-refractivity contribution in [2.45, 2.75) is 10.8 Å². The van der Waals surface area contributed by atoms with E-state index >= 15 is 0 Å². The van der Waals surface area contributed by atoms with Gasteiger partial charge in [-0.2, -0.15) is 0 Å². The minimum Gasteiger partial charge on any atom is -0.467 e. The first-order chi connectivity index (χ1) is 9.29. The van der Waals surface area contributed by atoms with Crippen LogP contribution in [0.3, 0.4) is 0 Å². The van der Waals surface area contributed by atoms with Crippen LogP contribution in [-0.2, 0) is 16.6 Å². The van der Waals surface area contributed by atoms with Crippen molar-refractivity contribution < 1.29 is 17.6 Å². The van der Waals surface area contributed by atoms with Crippen LogP contribution in [0.1, 0.15) is 16.1 Å². The Kier molecular flexibility index (Phi) is 4.19. The maximum atomic E-state index is 12.3. The number of nitrogens with zero attached hydrogens (tertiary/aromatic N) is 1. The van der Waals surface area contributed by atoms with Crippen molar-refractivity contribution in [1.29, 1.82) is 0 Å². The highest BCUT2D eigenvalue weighted by molar-refractivity contribution is 7.91. The van der Waals surface area contributed by atoms with Gasteiger partial charge in [0.15, 0.2) is 0 Å². The largest absolute Gasteiger partial charge is 0.467 e. The molecule has 0 saturated heterocycles. The van der Waals surface area contributed by atoms with E-state index in [0.29, 0.717) is 5.76 Å². The van der Waals surface area contributed by atoms with Gasteiger partial charge >= 0.3 is 0 Å². The molecule has 6 nitrogen and oxygen atoms in total. The maximum absolute atomic E-state index is 12.3. The number of thiophene rings is 1. The van der Waals surface area contributed by atoms with Crippen LogP contribution in [0.2, 0.25) is 4.34 Å². The predicted molar refractivity (Wildman–Crippen MR) is 75.2 cm³/mol. The molecule has 1 amide bonds. The van der Waals surface area contributed by atoms with Crippen molar-refractivity contribution >= 4 is 38.9 Å². The number of hydrogen-bond donors (Lipinski definition) is 1. The molecule has 0 aliphatic heterocycles. The Hall–Kier alpha value is -1.35. The zero-order chi connectivity index (χ0) is 14.9. The van der Waals surface area contributed by atoms with Gasteiger partial charge in [0.25, 0.3) is 5.91 Å². The number of halogens is 1. The summed E-state index contributed by atoms with van der Waals surface area (Å²) in [6.07, 6.45) is 1.49. The van der Waals surface area contributed by atoms with Gasteiger partial charge in [0.2, 0.25) is 10.0 Å². The molecule has 2 heterocycles. The minimum atomic E-state index is -3.99. The number of carbonyl (C=O) groups is 1. The standard InChI is InChI=1S/C11H11ClN2O4S2/c1-14(6-7-3-2-4-18-7)10(15)8-5-9(12)19-11(8)20(13,16)17/h2-5H,6H2,1H3,(H2,13,16,17). The first-order valence-electron chi connectivity index (χ1n) is 5.39. The van der Waals surface area contributed by atoms with Gasteiger partial charge in [0, 0.05) is 7.05 Å². The monoisotopic (exact) mass is 334 g/mol. The summed E-state index contributed by atoms with van der Waals surface area (Å²) in [5.74, 6) is 0.0907. The Morgan fingerprint density at radius 1 is 1.55 bits per heavy atom. The van der Waals surface area contributed by atoms with Gasteiger partial charge in [-0.15, -0.1) is 11.3 Å². The summed E-state index contributed by atoms with van der Waals surface area (Å²) in [6, 6.07) is 4.71. The van der Waals surface area contributed by atoms with Gasteiger partial charge in [-0.05, 0) is 18.2 Å². The van der Waals surface area contributed by atoms with E-state index in [9.17, 15) is 13.2 Å². The van der Waals surface area contributed by atoms with Crippen molar-refractivity contribution in [3.63, 3.8) is 0 Å². The fraction of sp³-hybridized carbons (Fsp3) is 0.182. The van der Waals surface area contributed by atoms with Gasteiger partial charge in [0.05, 0.1) is 22.7 Å². The van der Waals surface area contributed by atoms with Crippen molar-refractivity contribution in [1.82, 2.24) is 4.90 Å². The predicted octanol–water partition coefficient (Wildman–Crippen LogP) is 1.91. The number of sulfonamides is 1. The first kappa shape index (κ1) is 15.0. The molecule has 0 radical (unpaired) electrons. The molecular formula is C11H11ClN2O4S2. The first-order valence-corrected chi connectivity index (χ1v) is 8.13. The maximum Gasteiger partial charge on any atom is 0.256 e. The number of hydrogen-bond acceptors (Lipinski definition) is 5. The van der Waals surface area contributed by atoms with Crippen molar-refractivity contribution in [3.8, 4) is 0 Å². The van der Waals surface area contributed by atoms with E-state index in [0.717, 1.165) is 11.3 Å². The molecule has 2 aromatic heterocycles. The average molecular weight is 335 g/mol. The summed E-state index contributed by atoms with van der Waals surface area (Å²) in [7, 11) is -2.46. The molecule has 9 heteroatoms. The highest BCUT2D eigenvalue weighted by Crippen LogP contribution is 2.30. The summed E-state index contributed by atoms with van der Waals surface area (Å²) >= 11 is 6.53. The molecule has 0 spiro atoms. The summed E-state index contributed by atoms with van der Waals surface area (Å²) in [5.41, 5.74) is -0.0310. The number of amides is 1. The molecule has 20 heavy (non-hydrogen) atoms. The van der Waals surface area contributed by atoms with E-state index in [-0.39, 0.29) is 20.7 Å². The Labute approximate surface area is 124 Å². The van der Waals surface area contributed by atoms with Crippen molar-refractivity contribution in [2.75, 3.05) is 7.05 Å². The average Bonchev–Trinajstić information content (AvgIpc) is 2.96. The molecule has 2 rings (SSSR count). The third-order valence-corrected chi connectivity index (χ3v) is 5.22. The molecule has 2 aromatic rings. The van der Waals surface area contributed by atoms with E-state index in [1.54, 1.807) is 12.1 Å². The van der Waals surface area contributed by atoms with Crippen LogP contribution in [0.5, 0.6) is 0 Å². The van der Waals surface area contributed by atoms with E-state index in [1.165, 1.54) is 24.3 Å². The van der Waals surface area contributed by atoms with Crippen LogP contribution in [-0.4, -0.2) is 26.3 Å². The Bertz CT molecular complexity index is 722. The third kappa shape index (κ3) is 3.21. The van der Waals surface area contributed by atoms with Gasteiger partial charge in [-0.1, -0.05) is 11.6 Å². The summed E-state index contributed by atoms with van der Waals surface area (Å²) in [5, 5.41) is 5.08. The Morgan fingerprint density at radius 3 is 2.80 bits per heavy atom. The Morgan fingerprint density at radius 2 is 2.25 bits per heavy atom. The molecule has 0 aliphatic rings. The van der Waals surface area contributed by atoms with Crippen LogP contribution in [0.25, 0.3) is 0 Å². The van der Waals surface area contributed by atoms with Gasteiger partial charge in [-0.25, -0.2) is 13.6 Å². The van der Waals surface area contributed by atoms with Gasteiger partial charge in [0.1, 0.15) is 9.97 Å². The highest BCUT2D eigenvalue weighted by atomic mass is 35.5. The SMILES string of the molecule is CN(Cc1ccco1)C(=O)c1cc(Cl)sc1S(N)(=O)=O. The van der Waals surface area contributed by atoms with Gasteiger partial charge in [-0.3, -0.25) is 4.79 Å². The summed E-state index contributed by atoms with van der Waals surface area (Å²) in [4.78, 5) is 13.6. The van der Waals surface area contributed by atoms with Crippen LogP contribution >= 0.6 is 22.9 Å². The van der Waals surface area contributed by atoms with E-state index in [4.69, 9.17) is 21.2 Å². The van der Waals surface area contributed by atoms with Crippen LogP contribution in [0.15, 0.2) is 33.1 Å². The van der Waals surface area contributed by atoms with Gasteiger partial charge < -0.3 is 9.32 Å². The molecule has 0 aliphatic carbocycles. The molecule has 0 aromatic carbocycles. The van der Waals surface area contributed by atoms with E-state index in [2.05, 4.69) is 0 Å². The lowest BCUT2D eigenvalue weighted by atomic mass is 10.3. The van der Waals surface area contributed by atoms with Crippen LogP contribution < -0.4 is 5.14 Å². The number of primary sulfonamides is 1. The van der Waals surface area contributed by atoms with Crippen molar-refractivity contribution in [3.05, 3.63) is 40.1 Å². The number of furan rings is 1. The van der Waals surface area contributed by atoms with Crippen molar-refractivity contribution in [2.24, 2.45) is 5.14 Å². The lowest BCUT2D eigenvalue weighted by molar-refractivity contribution is 0.0772. The molecule has 0 saturated carbocycles. The second-order valence-electron chi connectivity index (χ2n) is 4.04. The second-order valence-corrected chi connectivity index (χ2v) is 7.48. The zero-order valence-corrected chi connectivity index (χ0v) is 12.8. The lowest BCUT2D eigenvalue weighted by Gasteiger charge is -2.15. The van der Waals surface area contributed by atoms with Crippen LogP contribution in [0.4, 0.5) is 0 Å². The zero-order valence-electron chi connectivity index (χ0n) is 10.4.